The monoisotopic (exact) mass is 362 g/mol. The Hall–Kier alpha value is -1.47. The second kappa shape index (κ2) is 8.07. The number of benzene rings is 1. The molecule has 1 N–H and O–H groups in total. The Morgan fingerprint density at radius 3 is 2.54 bits per heavy atom. The van der Waals surface area contributed by atoms with Crippen LogP contribution < -0.4 is 5.32 Å². The second-order valence-electron chi connectivity index (χ2n) is 5.92. The standard InChI is InChI=1S/C16H22ClF3N4/c1-23(9-7-16(18,19)20)14(12-3-5-13(17)6-4-12)11-22-15-21-8-10-24(15)2/h3-6,14H,7-11H2,1-2H3,(H,21,22). The molecule has 0 amide bonds. The molecule has 0 saturated carbocycles. The predicted molar refractivity (Wildman–Crippen MR) is 90.4 cm³/mol. The molecule has 1 atom stereocenters. The first-order valence-corrected chi connectivity index (χ1v) is 8.16. The lowest BCUT2D eigenvalue weighted by atomic mass is 10.1. The van der Waals surface area contributed by atoms with E-state index in [1.165, 1.54) is 0 Å². The van der Waals surface area contributed by atoms with Gasteiger partial charge in [-0.25, -0.2) is 0 Å². The van der Waals surface area contributed by atoms with Gasteiger partial charge >= 0.3 is 6.18 Å². The molecule has 1 aliphatic rings. The van der Waals surface area contributed by atoms with Crippen molar-refractivity contribution in [3.8, 4) is 0 Å². The number of hydrogen-bond donors (Lipinski definition) is 1. The van der Waals surface area contributed by atoms with Gasteiger partial charge in [-0.2, -0.15) is 13.2 Å². The number of aliphatic imine (C=N–C) groups is 1. The maximum Gasteiger partial charge on any atom is 0.390 e. The quantitative estimate of drug-likeness (QED) is 0.843. The van der Waals surface area contributed by atoms with E-state index < -0.39 is 12.6 Å². The Bertz CT molecular complexity index is 559. The predicted octanol–water partition coefficient (Wildman–Crippen LogP) is 3.16. The molecule has 0 aromatic heterocycles. The number of hydrogen-bond acceptors (Lipinski definition) is 4. The summed E-state index contributed by atoms with van der Waals surface area (Å²) < 4.78 is 37.6. The molecule has 2 rings (SSSR count). The van der Waals surface area contributed by atoms with Gasteiger partial charge in [-0.3, -0.25) is 9.89 Å². The van der Waals surface area contributed by atoms with Gasteiger partial charge in [0.15, 0.2) is 5.96 Å². The van der Waals surface area contributed by atoms with Crippen molar-refractivity contribution in [3.63, 3.8) is 0 Å². The molecule has 0 fully saturated rings. The SMILES string of the molecule is CN1CCN=C1NCC(c1ccc(Cl)cc1)N(C)CCC(F)(F)F. The molecular formula is C16H22ClF3N4. The van der Waals surface area contributed by atoms with Gasteiger partial charge in [0.2, 0.25) is 0 Å². The normalized spacial score (nSPS) is 16.5. The highest BCUT2D eigenvalue weighted by molar-refractivity contribution is 6.30. The van der Waals surface area contributed by atoms with Crippen LogP contribution >= 0.6 is 11.6 Å². The number of likely N-dealkylation sites (N-methyl/N-ethyl adjacent to an activating group) is 2. The minimum atomic E-state index is -4.16. The fourth-order valence-corrected chi connectivity index (χ4v) is 2.71. The van der Waals surface area contributed by atoms with Crippen molar-refractivity contribution in [3.05, 3.63) is 34.9 Å². The molecular weight excluding hydrogens is 341 g/mol. The van der Waals surface area contributed by atoms with Gasteiger partial charge in [0, 0.05) is 31.7 Å². The molecule has 4 nitrogen and oxygen atoms in total. The largest absolute Gasteiger partial charge is 0.390 e. The molecule has 134 valence electrons. The third-order valence-corrected chi connectivity index (χ3v) is 4.30. The van der Waals surface area contributed by atoms with Gasteiger partial charge < -0.3 is 10.2 Å². The van der Waals surface area contributed by atoms with E-state index >= 15 is 0 Å². The third-order valence-electron chi connectivity index (χ3n) is 4.05. The van der Waals surface area contributed by atoms with E-state index in [-0.39, 0.29) is 12.6 Å². The molecule has 24 heavy (non-hydrogen) atoms. The summed E-state index contributed by atoms with van der Waals surface area (Å²) in [6, 6.07) is 6.99. The van der Waals surface area contributed by atoms with E-state index in [9.17, 15) is 13.2 Å². The smallest absolute Gasteiger partial charge is 0.354 e. The van der Waals surface area contributed by atoms with Crippen LogP contribution in [0.2, 0.25) is 5.02 Å². The van der Waals surface area contributed by atoms with Crippen molar-refractivity contribution in [2.24, 2.45) is 4.99 Å². The number of halogens is 4. The second-order valence-corrected chi connectivity index (χ2v) is 6.36. The van der Waals surface area contributed by atoms with Gasteiger partial charge in [0.1, 0.15) is 0 Å². The van der Waals surface area contributed by atoms with Crippen LogP contribution in [0.3, 0.4) is 0 Å². The Labute approximate surface area is 145 Å². The van der Waals surface area contributed by atoms with Crippen molar-refractivity contribution >= 4 is 17.6 Å². The Morgan fingerprint density at radius 1 is 1.33 bits per heavy atom. The highest BCUT2D eigenvalue weighted by Crippen LogP contribution is 2.25. The number of guanidine groups is 1. The molecule has 1 heterocycles. The number of nitrogens with zero attached hydrogens (tertiary/aromatic N) is 3. The molecule has 0 bridgehead atoms. The molecule has 0 saturated heterocycles. The van der Waals surface area contributed by atoms with Gasteiger partial charge in [-0.05, 0) is 24.7 Å². The minimum absolute atomic E-state index is 0.0687. The Kier molecular flexibility index (Phi) is 6.34. The molecule has 1 aliphatic heterocycles. The molecule has 0 radical (unpaired) electrons. The summed E-state index contributed by atoms with van der Waals surface area (Å²) in [5.41, 5.74) is 0.915. The van der Waals surface area contributed by atoms with Crippen LogP contribution in [0.15, 0.2) is 29.3 Å². The lowest BCUT2D eigenvalue weighted by molar-refractivity contribution is -0.138. The fraction of sp³-hybridized carbons (Fsp3) is 0.562. The molecule has 0 spiro atoms. The van der Waals surface area contributed by atoms with Crippen LogP contribution in [0.25, 0.3) is 0 Å². The van der Waals surface area contributed by atoms with Crippen molar-refractivity contribution in [2.45, 2.75) is 18.6 Å². The maximum absolute atomic E-state index is 12.5. The van der Waals surface area contributed by atoms with E-state index in [0.29, 0.717) is 11.6 Å². The number of rotatable bonds is 6. The zero-order valence-electron chi connectivity index (χ0n) is 13.8. The van der Waals surface area contributed by atoms with Gasteiger partial charge in [-0.15, -0.1) is 0 Å². The van der Waals surface area contributed by atoms with Gasteiger partial charge in [-0.1, -0.05) is 23.7 Å². The third kappa shape index (κ3) is 5.56. The van der Waals surface area contributed by atoms with E-state index in [4.69, 9.17) is 11.6 Å². The first kappa shape index (κ1) is 18.9. The van der Waals surface area contributed by atoms with Crippen molar-refractivity contribution in [1.29, 1.82) is 0 Å². The summed E-state index contributed by atoms with van der Waals surface area (Å²) in [5, 5.41) is 3.84. The molecule has 1 aromatic rings. The Balaban J connectivity index is 2.07. The van der Waals surface area contributed by atoms with Crippen LogP contribution in [-0.2, 0) is 0 Å². The van der Waals surface area contributed by atoms with Crippen molar-refractivity contribution < 1.29 is 13.2 Å². The van der Waals surface area contributed by atoms with E-state index in [0.717, 1.165) is 24.6 Å². The van der Waals surface area contributed by atoms with Crippen LogP contribution in [0.1, 0.15) is 18.0 Å². The fourth-order valence-electron chi connectivity index (χ4n) is 2.58. The van der Waals surface area contributed by atoms with Gasteiger partial charge in [0.25, 0.3) is 0 Å². The first-order valence-electron chi connectivity index (χ1n) is 7.78. The van der Waals surface area contributed by atoms with Crippen molar-refractivity contribution in [1.82, 2.24) is 15.1 Å². The molecule has 1 aromatic carbocycles. The lowest BCUT2D eigenvalue weighted by Crippen LogP contribution is -2.41. The molecule has 0 aliphatic carbocycles. The number of nitrogens with one attached hydrogen (secondary N) is 1. The highest BCUT2D eigenvalue weighted by atomic mass is 35.5. The van der Waals surface area contributed by atoms with Crippen LogP contribution in [0.4, 0.5) is 13.2 Å². The van der Waals surface area contributed by atoms with E-state index in [1.54, 1.807) is 24.1 Å². The van der Waals surface area contributed by atoms with Crippen LogP contribution in [-0.4, -0.2) is 62.2 Å². The van der Waals surface area contributed by atoms with Crippen LogP contribution in [0, 0.1) is 0 Å². The summed E-state index contributed by atoms with van der Waals surface area (Å²) in [6.07, 6.45) is -5.00. The average molecular weight is 363 g/mol. The zero-order chi connectivity index (χ0) is 17.7. The summed E-state index contributed by atoms with van der Waals surface area (Å²) in [6.45, 7) is 1.98. The lowest BCUT2D eigenvalue weighted by Gasteiger charge is -2.30. The topological polar surface area (TPSA) is 30.9 Å². The molecule has 8 heteroatoms. The number of alkyl halides is 3. The maximum atomic E-state index is 12.5. The van der Waals surface area contributed by atoms with Crippen molar-refractivity contribution in [2.75, 3.05) is 40.3 Å². The summed E-state index contributed by atoms with van der Waals surface area (Å²) >= 11 is 5.91. The summed E-state index contributed by atoms with van der Waals surface area (Å²) in [4.78, 5) is 8.06. The average Bonchev–Trinajstić information content (AvgIpc) is 2.92. The zero-order valence-corrected chi connectivity index (χ0v) is 14.5. The first-order chi connectivity index (χ1) is 11.3. The summed E-state index contributed by atoms with van der Waals surface area (Å²) in [7, 11) is 3.64. The van der Waals surface area contributed by atoms with E-state index in [1.807, 2.05) is 24.1 Å². The molecule has 1 unspecified atom stereocenters. The minimum Gasteiger partial charge on any atom is -0.354 e. The van der Waals surface area contributed by atoms with Gasteiger partial charge in [0.05, 0.1) is 19.0 Å². The Morgan fingerprint density at radius 2 is 2.00 bits per heavy atom. The van der Waals surface area contributed by atoms with Crippen LogP contribution in [0.5, 0.6) is 0 Å². The van der Waals surface area contributed by atoms with E-state index in [2.05, 4.69) is 10.3 Å². The summed E-state index contributed by atoms with van der Waals surface area (Å²) in [5.74, 6) is 0.776. The highest BCUT2D eigenvalue weighted by Gasteiger charge is 2.29.